The minimum atomic E-state index is -4.38. The second-order valence-corrected chi connectivity index (χ2v) is 6.91. The quantitative estimate of drug-likeness (QED) is 0.698. The Bertz CT molecular complexity index is 705. The van der Waals surface area contributed by atoms with Gasteiger partial charge in [-0.05, 0) is 74.6 Å². The van der Waals surface area contributed by atoms with Crippen LogP contribution in [-0.2, 0) is 6.18 Å². The molecule has 5 heteroatoms. The van der Waals surface area contributed by atoms with E-state index in [0.29, 0.717) is 5.69 Å². The lowest BCUT2D eigenvalue weighted by atomic mass is 9.88. The Kier molecular flexibility index (Phi) is 5.87. The smallest absolute Gasteiger partial charge is 0.355 e. The number of nitrogens with one attached hydrogen (secondary N) is 1. The van der Waals surface area contributed by atoms with Gasteiger partial charge < -0.3 is 10.2 Å². The number of benzene rings is 2. The molecule has 0 spiro atoms. The Balaban J connectivity index is 1.81. The third-order valence-electron chi connectivity index (χ3n) is 5.00. The summed E-state index contributed by atoms with van der Waals surface area (Å²) in [4.78, 5) is 2.40. The summed E-state index contributed by atoms with van der Waals surface area (Å²) >= 11 is 0. The molecule has 0 aliphatic carbocycles. The number of hydrogen-bond donors (Lipinski definition) is 1. The van der Waals surface area contributed by atoms with E-state index in [1.165, 1.54) is 6.07 Å². The van der Waals surface area contributed by atoms with Crippen molar-refractivity contribution in [3.05, 3.63) is 59.7 Å². The summed E-state index contributed by atoms with van der Waals surface area (Å²) < 4.78 is 40.8. The first-order valence-corrected chi connectivity index (χ1v) is 9.23. The van der Waals surface area contributed by atoms with Crippen LogP contribution < -0.4 is 5.32 Å². The minimum Gasteiger partial charge on any atom is -0.355 e. The van der Waals surface area contributed by atoms with Gasteiger partial charge >= 0.3 is 6.18 Å². The summed E-state index contributed by atoms with van der Waals surface area (Å²) in [7, 11) is 0. The Morgan fingerprint density at radius 1 is 1.04 bits per heavy atom. The van der Waals surface area contributed by atoms with Crippen LogP contribution in [0, 0.1) is 0 Å². The van der Waals surface area contributed by atoms with Gasteiger partial charge in [-0.15, -0.1) is 0 Å². The Hall–Kier alpha value is -2.01. The standard InChI is InChI=1S/C21H25F3N2/c1-2-12-26-13-10-16(11-14-26)17-8-9-20(19(15-17)21(22,23)24)25-18-6-4-3-5-7-18/h3-9,15-16,25H,2,10-14H2,1H3. The van der Waals surface area contributed by atoms with Crippen LogP contribution in [-0.4, -0.2) is 24.5 Å². The molecule has 2 aromatic rings. The zero-order valence-corrected chi connectivity index (χ0v) is 15.0. The number of halogens is 3. The lowest BCUT2D eigenvalue weighted by molar-refractivity contribution is -0.137. The van der Waals surface area contributed by atoms with E-state index in [0.717, 1.165) is 44.5 Å². The van der Waals surface area contributed by atoms with Gasteiger partial charge in [-0.1, -0.05) is 31.2 Å². The molecule has 2 aromatic carbocycles. The SMILES string of the molecule is CCCN1CCC(c2ccc(Nc3ccccc3)c(C(F)(F)F)c2)CC1. The average molecular weight is 362 g/mol. The number of anilines is 2. The molecule has 0 amide bonds. The van der Waals surface area contributed by atoms with E-state index in [9.17, 15) is 13.2 Å². The van der Waals surface area contributed by atoms with Gasteiger partial charge in [0, 0.05) is 5.69 Å². The second-order valence-electron chi connectivity index (χ2n) is 6.91. The van der Waals surface area contributed by atoms with Crippen LogP contribution in [0.3, 0.4) is 0 Å². The molecule has 0 radical (unpaired) electrons. The van der Waals surface area contributed by atoms with Crippen LogP contribution >= 0.6 is 0 Å². The van der Waals surface area contributed by atoms with Gasteiger partial charge in [-0.25, -0.2) is 0 Å². The third-order valence-corrected chi connectivity index (χ3v) is 5.00. The number of nitrogens with zero attached hydrogens (tertiary/aromatic N) is 1. The van der Waals surface area contributed by atoms with E-state index in [4.69, 9.17) is 0 Å². The fourth-order valence-electron chi connectivity index (χ4n) is 3.64. The number of likely N-dealkylation sites (tertiary alicyclic amines) is 1. The molecule has 0 saturated carbocycles. The number of piperidine rings is 1. The highest BCUT2D eigenvalue weighted by Crippen LogP contribution is 2.39. The van der Waals surface area contributed by atoms with Crippen molar-refractivity contribution in [3.8, 4) is 0 Å². The third kappa shape index (κ3) is 4.58. The summed E-state index contributed by atoms with van der Waals surface area (Å²) in [6.45, 7) is 5.15. The maximum absolute atomic E-state index is 13.6. The molecule has 3 rings (SSSR count). The van der Waals surface area contributed by atoms with Crippen LogP contribution in [0.2, 0.25) is 0 Å². The Morgan fingerprint density at radius 3 is 2.35 bits per heavy atom. The van der Waals surface area contributed by atoms with E-state index in [-0.39, 0.29) is 11.6 Å². The second kappa shape index (κ2) is 8.12. The molecule has 0 aromatic heterocycles. The van der Waals surface area contributed by atoms with Crippen molar-refractivity contribution < 1.29 is 13.2 Å². The first-order chi connectivity index (χ1) is 12.5. The van der Waals surface area contributed by atoms with Gasteiger partial charge in [0.05, 0.1) is 11.3 Å². The molecule has 0 atom stereocenters. The highest BCUT2D eigenvalue weighted by atomic mass is 19.4. The van der Waals surface area contributed by atoms with Crippen molar-refractivity contribution in [2.24, 2.45) is 0 Å². The van der Waals surface area contributed by atoms with Crippen molar-refractivity contribution in [3.63, 3.8) is 0 Å². The van der Waals surface area contributed by atoms with E-state index in [1.807, 2.05) is 12.1 Å². The summed E-state index contributed by atoms with van der Waals surface area (Å²) in [6, 6.07) is 13.7. The fourth-order valence-corrected chi connectivity index (χ4v) is 3.64. The molecule has 1 aliphatic heterocycles. The monoisotopic (exact) mass is 362 g/mol. The van der Waals surface area contributed by atoms with Crippen molar-refractivity contribution in [1.29, 1.82) is 0 Å². The average Bonchev–Trinajstić information content (AvgIpc) is 2.63. The first kappa shape index (κ1) is 18.8. The van der Waals surface area contributed by atoms with Gasteiger partial charge in [0.15, 0.2) is 0 Å². The molecule has 0 bridgehead atoms. The molecule has 26 heavy (non-hydrogen) atoms. The maximum Gasteiger partial charge on any atom is 0.418 e. The molecule has 1 N–H and O–H groups in total. The Labute approximate surface area is 153 Å². The summed E-state index contributed by atoms with van der Waals surface area (Å²) in [5.74, 6) is 0.204. The highest BCUT2D eigenvalue weighted by Gasteiger charge is 2.34. The molecule has 0 unspecified atom stereocenters. The molecule has 1 fully saturated rings. The van der Waals surface area contributed by atoms with Gasteiger partial charge in [0.1, 0.15) is 0 Å². The molecule has 1 aliphatic rings. The molecule has 1 saturated heterocycles. The molecule has 140 valence electrons. The van der Waals surface area contributed by atoms with Crippen LogP contribution in [0.25, 0.3) is 0 Å². The van der Waals surface area contributed by atoms with Gasteiger partial charge in [-0.3, -0.25) is 0 Å². The molecular weight excluding hydrogens is 337 g/mol. The molecular formula is C21H25F3N2. The van der Waals surface area contributed by atoms with Crippen molar-refractivity contribution in [2.45, 2.75) is 38.3 Å². The van der Waals surface area contributed by atoms with Gasteiger partial charge in [0.25, 0.3) is 0 Å². The maximum atomic E-state index is 13.6. The lowest BCUT2D eigenvalue weighted by Crippen LogP contribution is -2.33. The normalized spacial score (nSPS) is 16.6. The van der Waals surface area contributed by atoms with Crippen LogP contribution in [0.1, 0.15) is 43.2 Å². The first-order valence-electron chi connectivity index (χ1n) is 9.23. The van der Waals surface area contributed by atoms with Crippen molar-refractivity contribution in [2.75, 3.05) is 25.0 Å². The summed E-state index contributed by atoms with van der Waals surface area (Å²) in [5.41, 5.74) is 0.969. The largest absolute Gasteiger partial charge is 0.418 e. The Morgan fingerprint density at radius 2 is 1.73 bits per heavy atom. The van der Waals surface area contributed by atoms with Crippen molar-refractivity contribution in [1.82, 2.24) is 4.90 Å². The lowest BCUT2D eigenvalue weighted by Gasteiger charge is -2.32. The number of alkyl halides is 3. The predicted molar refractivity (Wildman–Crippen MR) is 99.9 cm³/mol. The van der Waals surface area contributed by atoms with Crippen LogP contribution in [0.5, 0.6) is 0 Å². The minimum absolute atomic E-state index is 0.107. The predicted octanol–water partition coefficient (Wildman–Crippen LogP) is 6.04. The van der Waals surface area contributed by atoms with E-state index in [1.54, 1.807) is 30.3 Å². The zero-order valence-electron chi connectivity index (χ0n) is 15.0. The van der Waals surface area contributed by atoms with Crippen LogP contribution in [0.4, 0.5) is 24.5 Å². The highest BCUT2D eigenvalue weighted by molar-refractivity contribution is 5.64. The van der Waals surface area contributed by atoms with Crippen molar-refractivity contribution >= 4 is 11.4 Å². The fraction of sp³-hybridized carbons (Fsp3) is 0.429. The van der Waals surface area contributed by atoms with Gasteiger partial charge in [-0.2, -0.15) is 13.2 Å². The molecule has 1 heterocycles. The zero-order chi connectivity index (χ0) is 18.6. The van der Waals surface area contributed by atoms with E-state index < -0.39 is 11.7 Å². The summed E-state index contributed by atoms with van der Waals surface area (Å²) in [6.07, 6.45) is -1.43. The summed E-state index contributed by atoms with van der Waals surface area (Å²) in [5, 5.41) is 2.90. The van der Waals surface area contributed by atoms with E-state index >= 15 is 0 Å². The topological polar surface area (TPSA) is 15.3 Å². The number of para-hydroxylation sites is 1. The van der Waals surface area contributed by atoms with Gasteiger partial charge in [0.2, 0.25) is 0 Å². The van der Waals surface area contributed by atoms with Crippen LogP contribution in [0.15, 0.2) is 48.5 Å². The number of hydrogen-bond acceptors (Lipinski definition) is 2. The number of rotatable bonds is 5. The van der Waals surface area contributed by atoms with E-state index in [2.05, 4.69) is 17.1 Å². The molecule has 2 nitrogen and oxygen atoms in total.